The van der Waals surface area contributed by atoms with Crippen LogP contribution >= 0.6 is 0 Å². The van der Waals surface area contributed by atoms with Gasteiger partial charge in [0, 0.05) is 12.5 Å². The first-order valence-corrected chi connectivity index (χ1v) is 9.69. The van der Waals surface area contributed by atoms with Crippen molar-refractivity contribution in [3.63, 3.8) is 0 Å². The molecule has 0 radical (unpaired) electrons. The van der Waals surface area contributed by atoms with Crippen LogP contribution in [0.1, 0.15) is 16.1 Å². The summed E-state index contributed by atoms with van der Waals surface area (Å²) < 4.78 is 53.6. The summed E-state index contributed by atoms with van der Waals surface area (Å²) in [6.45, 7) is 0. The summed E-state index contributed by atoms with van der Waals surface area (Å²) in [7, 11) is -3.06. The fourth-order valence-corrected chi connectivity index (χ4v) is 3.09. The summed E-state index contributed by atoms with van der Waals surface area (Å²) in [6.07, 6.45) is -2.10. The van der Waals surface area contributed by atoms with E-state index in [2.05, 4.69) is 20.7 Å². The summed E-state index contributed by atoms with van der Waals surface area (Å²) in [6, 6.07) is 1.37. The molecular weight excluding hydrogens is 419 g/mol. The number of benzene rings is 1. The fourth-order valence-electron chi connectivity index (χ4n) is 2.53. The van der Waals surface area contributed by atoms with E-state index in [1.807, 2.05) is 0 Å². The highest BCUT2D eigenvalue weighted by Gasteiger charge is 2.35. The second-order valence-electron chi connectivity index (χ2n) is 6.05. The molecule has 0 fully saturated rings. The summed E-state index contributed by atoms with van der Waals surface area (Å²) in [4.78, 5) is 43.3. The van der Waals surface area contributed by atoms with E-state index in [-0.39, 0.29) is 5.39 Å². The number of fused-ring (bicyclic) bond motifs is 1. The van der Waals surface area contributed by atoms with Crippen molar-refractivity contribution in [2.75, 3.05) is 11.1 Å². The van der Waals surface area contributed by atoms with Crippen LogP contribution in [0.25, 0.3) is 16.6 Å². The molecule has 2 aromatic heterocycles. The quantitative estimate of drug-likeness (QED) is 0.511. The van der Waals surface area contributed by atoms with E-state index < -0.39 is 55.6 Å². The lowest BCUT2D eigenvalue weighted by atomic mass is 10.1. The second kappa shape index (κ2) is 6.51. The van der Waals surface area contributed by atoms with E-state index in [1.165, 1.54) is 0 Å². The van der Waals surface area contributed by atoms with Crippen molar-refractivity contribution in [2.45, 2.75) is 6.18 Å². The highest BCUT2D eigenvalue weighted by atomic mass is 32.2. The number of imidazole rings is 1. The number of carbonyl (C=O) groups is 1. The minimum absolute atomic E-state index is 0.339. The van der Waals surface area contributed by atoms with Crippen LogP contribution in [-0.4, -0.2) is 46.6 Å². The zero-order valence-electron chi connectivity index (χ0n) is 14.5. The number of nitrogens with one attached hydrogen (secondary N) is 2. The summed E-state index contributed by atoms with van der Waals surface area (Å²) in [5, 5.41) is 8.58. The van der Waals surface area contributed by atoms with Crippen molar-refractivity contribution in [3.8, 4) is 5.69 Å². The normalized spacial score (nSPS) is 13.9. The standard InChI is InChI=1S/C15H12F3N5O5S/c1-29(2,28)21-23-12(24)7-3-11(22-5-10(13(25)26)19-6-22)8(15(16,17)18)4-9(7)20-14(23)27/h3-6H,1H2,2H3,(H,20,27)(H,21,28)(H,25,26). The number of hydrogen-bond acceptors (Lipinski definition) is 5. The maximum atomic E-state index is 13.5. The number of H-pyrrole nitrogens is 1. The smallest absolute Gasteiger partial charge is 0.418 e. The molecular formula is C15H12F3N5O5S. The van der Waals surface area contributed by atoms with Crippen LogP contribution < -0.4 is 16.1 Å². The molecule has 1 atom stereocenters. The number of carboxylic acid groups (broad SMARTS) is 1. The number of nitrogens with zero attached hydrogens (tertiary/aromatic N) is 3. The Balaban J connectivity index is 2.38. The molecule has 3 aromatic rings. The van der Waals surface area contributed by atoms with Gasteiger partial charge in [0.15, 0.2) is 5.69 Å². The van der Waals surface area contributed by atoms with E-state index in [9.17, 15) is 31.8 Å². The van der Waals surface area contributed by atoms with Crippen molar-refractivity contribution in [3.05, 3.63) is 56.8 Å². The Morgan fingerprint density at radius 2 is 2.00 bits per heavy atom. The monoisotopic (exact) mass is 431 g/mol. The number of hydrogen-bond donors (Lipinski definition) is 3. The Labute approximate surface area is 159 Å². The van der Waals surface area contributed by atoms with Crippen LogP contribution in [0.5, 0.6) is 0 Å². The Morgan fingerprint density at radius 3 is 2.52 bits per heavy atom. The maximum Gasteiger partial charge on any atom is 0.418 e. The predicted molar refractivity (Wildman–Crippen MR) is 98.5 cm³/mol. The highest BCUT2D eigenvalue weighted by molar-refractivity contribution is 8.00. The molecule has 3 N–H and O–H groups in total. The Kier molecular flexibility index (Phi) is 4.53. The Morgan fingerprint density at radius 1 is 1.34 bits per heavy atom. The van der Waals surface area contributed by atoms with Gasteiger partial charge in [-0.1, -0.05) is 0 Å². The Hall–Kier alpha value is -3.55. The molecule has 0 aliphatic carbocycles. The number of halogens is 3. The lowest BCUT2D eigenvalue weighted by Crippen LogP contribution is -2.43. The fraction of sp³-hybridized carbons (Fsp3) is 0.133. The van der Waals surface area contributed by atoms with Crippen LogP contribution in [0.4, 0.5) is 13.2 Å². The topological polar surface area (TPSA) is 139 Å². The summed E-state index contributed by atoms with van der Waals surface area (Å²) >= 11 is 0. The average molecular weight is 431 g/mol. The van der Waals surface area contributed by atoms with Gasteiger partial charge in [-0.25, -0.2) is 23.6 Å². The summed E-state index contributed by atoms with van der Waals surface area (Å²) in [5.41, 5.74) is -4.97. The largest absolute Gasteiger partial charge is 0.476 e. The minimum Gasteiger partial charge on any atom is -0.476 e. The number of carboxylic acids is 1. The van der Waals surface area contributed by atoms with Crippen LogP contribution in [0.15, 0.2) is 34.2 Å². The molecule has 0 amide bonds. The van der Waals surface area contributed by atoms with Gasteiger partial charge >= 0.3 is 17.8 Å². The first-order chi connectivity index (χ1) is 13.3. The SMILES string of the molecule is C=S(C)(=O)Nn1c(=O)[nH]c2cc(C(F)(F)F)c(-n3cnc(C(=O)O)c3)cc2c1=O. The zero-order chi connectivity index (χ0) is 21.7. The molecule has 0 aliphatic heterocycles. The summed E-state index contributed by atoms with van der Waals surface area (Å²) in [5.74, 6) is 1.79. The first-order valence-electron chi connectivity index (χ1n) is 7.56. The van der Waals surface area contributed by atoms with Crippen LogP contribution in [-0.2, 0) is 15.9 Å². The molecule has 0 saturated carbocycles. The van der Waals surface area contributed by atoms with Crippen molar-refractivity contribution in [1.82, 2.24) is 19.2 Å². The first kappa shape index (κ1) is 20.2. The molecule has 1 aromatic carbocycles. The number of aromatic carboxylic acids is 1. The van der Waals surface area contributed by atoms with E-state index in [0.29, 0.717) is 10.7 Å². The molecule has 2 heterocycles. The van der Waals surface area contributed by atoms with Crippen molar-refractivity contribution in [2.24, 2.45) is 0 Å². The molecule has 3 rings (SSSR count). The van der Waals surface area contributed by atoms with Gasteiger partial charge in [-0.05, 0) is 18.0 Å². The molecule has 29 heavy (non-hydrogen) atoms. The van der Waals surface area contributed by atoms with Crippen LogP contribution in [0.2, 0.25) is 0 Å². The minimum atomic E-state index is -4.90. The average Bonchev–Trinajstić information content (AvgIpc) is 3.06. The molecule has 0 bridgehead atoms. The second-order valence-corrected chi connectivity index (χ2v) is 8.24. The van der Waals surface area contributed by atoms with Crippen molar-refractivity contribution in [1.29, 1.82) is 0 Å². The van der Waals surface area contributed by atoms with Gasteiger partial charge in [0.2, 0.25) is 0 Å². The molecule has 0 spiro atoms. The number of aromatic amines is 1. The van der Waals surface area contributed by atoms with Crippen molar-refractivity contribution >= 4 is 32.5 Å². The Bertz CT molecular complexity index is 1370. The number of aromatic nitrogens is 4. The lowest BCUT2D eigenvalue weighted by molar-refractivity contribution is -0.137. The van der Waals surface area contributed by atoms with Crippen molar-refractivity contribution < 1.29 is 27.3 Å². The zero-order valence-corrected chi connectivity index (χ0v) is 15.3. The molecule has 0 saturated heterocycles. The third kappa shape index (κ3) is 3.87. The third-order valence-electron chi connectivity index (χ3n) is 3.68. The lowest BCUT2D eigenvalue weighted by Gasteiger charge is -2.15. The number of alkyl halides is 3. The van der Waals surface area contributed by atoms with E-state index in [0.717, 1.165) is 29.4 Å². The van der Waals surface area contributed by atoms with Gasteiger partial charge in [-0.3, -0.25) is 4.79 Å². The van der Waals surface area contributed by atoms with E-state index in [1.54, 1.807) is 0 Å². The van der Waals surface area contributed by atoms with Gasteiger partial charge in [-0.2, -0.15) is 17.8 Å². The highest BCUT2D eigenvalue weighted by Crippen LogP contribution is 2.35. The molecule has 10 nitrogen and oxygen atoms in total. The molecule has 0 aliphatic rings. The van der Waals surface area contributed by atoms with Crippen LogP contribution in [0, 0.1) is 0 Å². The number of rotatable bonds is 4. The third-order valence-corrected chi connectivity index (χ3v) is 4.25. The van der Waals surface area contributed by atoms with Gasteiger partial charge in [0.25, 0.3) is 5.56 Å². The maximum absolute atomic E-state index is 13.5. The molecule has 154 valence electrons. The molecule has 1 unspecified atom stereocenters. The van der Waals surface area contributed by atoms with Gasteiger partial charge < -0.3 is 14.7 Å². The van der Waals surface area contributed by atoms with Crippen LogP contribution in [0.3, 0.4) is 0 Å². The molecule has 14 heteroatoms. The van der Waals surface area contributed by atoms with Gasteiger partial charge in [0.1, 0.15) is 6.33 Å². The van der Waals surface area contributed by atoms with E-state index >= 15 is 0 Å². The predicted octanol–water partition coefficient (Wildman–Crippen LogP) is 0.397. The van der Waals surface area contributed by atoms with E-state index in [4.69, 9.17) is 5.11 Å². The van der Waals surface area contributed by atoms with Gasteiger partial charge in [0.05, 0.1) is 31.9 Å². The van der Waals surface area contributed by atoms with Gasteiger partial charge in [-0.15, -0.1) is 0 Å².